The summed E-state index contributed by atoms with van der Waals surface area (Å²) in [5.74, 6) is -0.196. The van der Waals surface area contributed by atoms with E-state index in [1.54, 1.807) is 26.0 Å². The van der Waals surface area contributed by atoms with Crippen LogP contribution < -0.4 is 10.9 Å². The van der Waals surface area contributed by atoms with Gasteiger partial charge in [-0.15, -0.1) is 0 Å². The van der Waals surface area contributed by atoms with Gasteiger partial charge in [0.05, 0.1) is 6.10 Å². The molecule has 1 atom stereocenters. The number of nitrogens with zero attached hydrogens (tertiary/aromatic N) is 1. The number of carbonyl (C=O) groups is 1. The van der Waals surface area contributed by atoms with Gasteiger partial charge >= 0.3 is 0 Å². The van der Waals surface area contributed by atoms with Gasteiger partial charge < -0.3 is 15.4 Å². The Morgan fingerprint density at radius 2 is 2.00 bits per heavy atom. The number of rotatable bonds is 6. The molecule has 0 aliphatic carbocycles. The molecule has 1 aromatic carbocycles. The number of amides is 1. The first-order valence-electron chi connectivity index (χ1n) is 8.06. The zero-order chi connectivity index (χ0) is 18.4. The van der Waals surface area contributed by atoms with Crippen molar-refractivity contribution in [1.29, 1.82) is 5.26 Å². The van der Waals surface area contributed by atoms with Crippen LogP contribution in [0.4, 0.5) is 0 Å². The Balaban J connectivity index is 1.95. The molecule has 2 aromatic rings. The van der Waals surface area contributed by atoms with Gasteiger partial charge in [-0.25, -0.2) is 0 Å². The zero-order valence-electron chi connectivity index (χ0n) is 14.3. The highest BCUT2D eigenvalue weighted by Gasteiger charge is 2.14. The van der Waals surface area contributed by atoms with Gasteiger partial charge in [-0.05, 0) is 37.0 Å². The van der Waals surface area contributed by atoms with Crippen LogP contribution in [0.25, 0.3) is 0 Å². The fourth-order valence-corrected chi connectivity index (χ4v) is 2.75. The Bertz CT molecular complexity index is 851. The summed E-state index contributed by atoms with van der Waals surface area (Å²) in [4.78, 5) is 26.4. The SMILES string of the molecule is Cc1[nH]c(=O)c(C#N)c(C)c1CCC(=O)NC[C@H](O)c1ccccc1. The Hall–Kier alpha value is -2.91. The number of aliphatic hydroxyl groups excluding tert-OH is 1. The quantitative estimate of drug-likeness (QED) is 0.744. The smallest absolute Gasteiger partial charge is 0.266 e. The van der Waals surface area contributed by atoms with E-state index < -0.39 is 11.7 Å². The van der Waals surface area contributed by atoms with Gasteiger partial charge in [0.25, 0.3) is 5.56 Å². The van der Waals surface area contributed by atoms with Crippen molar-refractivity contribution in [1.82, 2.24) is 10.3 Å². The summed E-state index contributed by atoms with van der Waals surface area (Å²) < 4.78 is 0. The number of aromatic amines is 1. The maximum atomic E-state index is 12.0. The first kappa shape index (κ1) is 18.4. The van der Waals surface area contributed by atoms with Crippen LogP contribution in [0, 0.1) is 25.2 Å². The normalized spacial score (nSPS) is 11.6. The maximum absolute atomic E-state index is 12.0. The van der Waals surface area contributed by atoms with Crippen LogP contribution >= 0.6 is 0 Å². The van der Waals surface area contributed by atoms with Crippen molar-refractivity contribution in [3.63, 3.8) is 0 Å². The molecule has 1 heterocycles. The van der Waals surface area contributed by atoms with E-state index in [2.05, 4.69) is 10.3 Å². The molecule has 6 nitrogen and oxygen atoms in total. The number of H-pyrrole nitrogens is 1. The molecule has 1 aromatic heterocycles. The maximum Gasteiger partial charge on any atom is 0.266 e. The fourth-order valence-electron chi connectivity index (χ4n) is 2.75. The number of hydrogen-bond acceptors (Lipinski definition) is 4. The summed E-state index contributed by atoms with van der Waals surface area (Å²) in [6.45, 7) is 3.60. The van der Waals surface area contributed by atoms with Crippen molar-refractivity contribution < 1.29 is 9.90 Å². The number of carbonyl (C=O) groups excluding carboxylic acids is 1. The van der Waals surface area contributed by atoms with Crippen LogP contribution in [0.15, 0.2) is 35.1 Å². The first-order chi connectivity index (χ1) is 11.9. The third kappa shape index (κ3) is 4.55. The molecule has 0 aliphatic heterocycles. The number of aromatic nitrogens is 1. The van der Waals surface area contributed by atoms with Crippen LogP contribution in [-0.2, 0) is 11.2 Å². The van der Waals surface area contributed by atoms with Crippen molar-refractivity contribution in [2.45, 2.75) is 32.8 Å². The van der Waals surface area contributed by atoms with E-state index in [-0.39, 0.29) is 24.4 Å². The zero-order valence-corrected chi connectivity index (χ0v) is 14.3. The van der Waals surface area contributed by atoms with Crippen LogP contribution in [0.2, 0.25) is 0 Å². The third-order valence-corrected chi connectivity index (χ3v) is 4.20. The van der Waals surface area contributed by atoms with Crippen LogP contribution in [0.5, 0.6) is 0 Å². The highest BCUT2D eigenvalue weighted by atomic mass is 16.3. The van der Waals surface area contributed by atoms with Gasteiger partial charge in [0.1, 0.15) is 11.6 Å². The molecular formula is C19H21N3O3. The number of benzene rings is 1. The molecule has 0 unspecified atom stereocenters. The van der Waals surface area contributed by atoms with Gasteiger partial charge in [-0.1, -0.05) is 30.3 Å². The van der Waals surface area contributed by atoms with Crippen LogP contribution in [0.3, 0.4) is 0 Å². The van der Waals surface area contributed by atoms with Gasteiger partial charge in [0.2, 0.25) is 5.91 Å². The summed E-state index contributed by atoms with van der Waals surface area (Å²) in [6, 6.07) is 11.0. The van der Waals surface area contributed by atoms with Crippen molar-refractivity contribution in [3.8, 4) is 6.07 Å². The summed E-state index contributed by atoms with van der Waals surface area (Å²) in [6.07, 6.45) is -0.136. The molecule has 0 spiro atoms. The van der Waals surface area contributed by atoms with Crippen LogP contribution in [-0.4, -0.2) is 22.5 Å². The Morgan fingerprint density at radius 3 is 2.64 bits per heavy atom. The molecule has 130 valence electrons. The molecule has 3 N–H and O–H groups in total. The lowest BCUT2D eigenvalue weighted by atomic mass is 9.99. The van der Waals surface area contributed by atoms with E-state index in [0.29, 0.717) is 17.7 Å². The molecule has 1 amide bonds. The first-order valence-corrected chi connectivity index (χ1v) is 8.06. The van der Waals surface area contributed by atoms with Crippen LogP contribution in [0.1, 0.15) is 40.5 Å². The molecule has 0 saturated carbocycles. The summed E-state index contributed by atoms with van der Waals surface area (Å²) in [5, 5.41) is 21.8. The Labute approximate surface area is 146 Å². The van der Waals surface area contributed by atoms with E-state index in [9.17, 15) is 14.7 Å². The summed E-state index contributed by atoms with van der Waals surface area (Å²) in [7, 11) is 0. The molecule has 0 fully saturated rings. The summed E-state index contributed by atoms with van der Waals surface area (Å²) in [5.41, 5.74) is 2.50. The standard InChI is InChI=1S/C19H21N3O3/c1-12-15(13(2)22-19(25)16(12)10-20)8-9-18(24)21-11-17(23)14-6-4-3-5-7-14/h3-7,17,23H,8-9,11H2,1-2H3,(H,21,24)(H,22,25)/t17-/m0/s1. The highest BCUT2D eigenvalue weighted by molar-refractivity contribution is 5.76. The number of pyridine rings is 1. The third-order valence-electron chi connectivity index (χ3n) is 4.20. The lowest BCUT2D eigenvalue weighted by Gasteiger charge is -2.13. The number of aliphatic hydroxyl groups is 1. The van der Waals surface area contributed by atoms with Crippen molar-refractivity contribution in [2.75, 3.05) is 6.54 Å². The number of nitrogens with one attached hydrogen (secondary N) is 2. The van der Waals surface area contributed by atoms with Crippen molar-refractivity contribution >= 4 is 5.91 Å². The molecule has 2 rings (SSSR count). The molecule has 0 aliphatic rings. The van der Waals surface area contributed by atoms with Gasteiger partial charge in [-0.3, -0.25) is 9.59 Å². The van der Waals surface area contributed by atoms with Crippen molar-refractivity contribution in [3.05, 3.63) is 68.6 Å². The lowest BCUT2D eigenvalue weighted by Crippen LogP contribution is -2.28. The number of hydrogen-bond donors (Lipinski definition) is 3. The van der Waals surface area contributed by atoms with E-state index >= 15 is 0 Å². The minimum absolute atomic E-state index is 0.0838. The van der Waals surface area contributed by atoms with E-state index in [1.165, 1.54) is 0 Å². The average molecular weight is 339 g/mol. The second kappa shape index (κ2) is 8.27. The molecular weight excluding hydrogens is 318 g/mol. The number of aryl methyl sites for hydroxylation is 1. The molecule has 6 heteroatoms. The number of nitriles is 1. The van der Waals surface area contributed by atoms with Gasteiger partial charge in [0.15, 0.2) is 0 Å². The molecule has 25 heavy (non-hydrogen) atoms. The van der Waals surface area contributed by atoms with Gasteiger partial charge in [-0.2, -0.15) is 5.26 Å². The minimum atomic E-state index is -0.758. The second-order valence-corrected chi connectivity index (χ2v) is 5.90. The van der Waals surface area contributed by atoms with Gasteiger partial charge in [0, 0.05) is 18.7 Å². The topological polar surface area (TPSA) is 106 Å². The predicted octanol–water partition coefficient (Wildman–Crippen LogP) is 1.65. The molecule has 0 bridgehead atoms. The molecule has 0 radical (unpaired) electrons. The average Bonchev–Trinajstić information content (AvgIpc) is 2.60. The highest BCUT2D eigenvalue weighted by Crippen LogP contribution is 2.15. The lowest BCUT2D eigenvalue weighted by molar-refractivity contribution is -0.121. The Morgan fingerprint density at radius 1 is 1.32 bits per heavy atom. The fraction of sp³-hybridized carbons (Fsp3) is 0.316. The van der Waals surface area contributed by atoms with E-state index in [0.717, 1.165) is 11.1 Å². The molecule has 0 saturated heterocycles. The van der Waals surface area contributed by atoms with Crippen molar-refractivity contribution in [2.24, 2.45) is 0 Å². The monoisotopic (exact) mass is 339 g/mol. The van der Waals surface area contributed by atoms with E-state index in [1.807, 2.05) is 24.3 Å². The predicted molar refractivity (Wildman–Crippen MR) is 94.0 cm³/mol. The second-order valence-electron chi connectivity index (χ2n) is 5.90. The largest absolute Gasteiger partial charge is 0.387 e. The Kier molecular flexibility index (Phi) is 6.09. The summed E-state index contributed by atoms with van der Waals surface area (Å²) >= 11 is 0. The minimum Gasteiger partial charge on any atom is -0.387 e. The van der Waals surface area contributed by atoms with E-state index in [4.69, 9.17) is 5.26 Å².